The predicted molar refractivity (Wildman–Crippen MR) is 108 cm³/mol. The van der Waals surface area contributed by atoms with E-state index in [1.165, 1.54) is 51.4 Å². The van der Waals surface area contributed by atoms with Crippen molar-refractivity contribution in [1.29, 1.82) is 0 Å². The van der Waals surface area contributed by atoms with Gasteiger partial charge in [-0.2, -0.15) is 0 Å². The summed E-state index contributed by atoms with van der Waals surface area (Å²) in [5.41, 5.74) is 5.78. The molecule has 0 unspecified atom stereocenters. The first-order valence-electron chi connectivity index (χ1n) is 9.05. The standard InChI is InChI=1S/C17H34N4O.HI/c1-2-3-4-5-6-10-13-19-17(18)20-14-16(22)21-15-11-8-7-9-12-15;/h15H,2-14H2,1H3,(H,21,22)(H3,18,19,20);1H. The fourth-order valence-electron chi connectivity index (χ4n) is 2.85. The molecule has 136 valence electrons. The molecule has 6 heteroatoms. The fraction of sp³-hybridized carbons (Fsp3) is 0.882. The Morgan fingerprint density at radius 2 is 1.74 bits per heavy atom. The minimum atomic E-state index is -0.0174. The van der Waals surface area contributed by atoms with Crippen LogP contribution in [0.2, 0.25) is 0 Å². The van der Waals surface area contributed by atoms with Crippen molar-refractivity contribution in [3.8, 4) is 0 Å². The van der Waals surface area contributed by atoms with Crippen molar-refractivity contribution >= 4 is 35.8 Å². The molecule has 0 aromatic rings. The number of nitrogens with one attached hydrogen (secondary N) is 2. The lowest BCUT2D eigenvalue weighted by atomic mass is 9.95. The number of aliphatic imine (C=N–C) groups is 1. The minimum Gasteiger partial charge on any atom is -0.370 e. The summed E-state index contributed by atoms with van der Waals surface area (Å²) in [5.74, 6) is 0.364. The summed E-state index contributed by atoms with van der Waals surface area (Å²) < 4.78 is 0. The highest BCUT2D eigenvalue weighted by Crippen LogP contribution is 2.17. The number of carbonyl (C=O) groups excluding carboxylic acids is 1. The number of carbonyl (C=O) groups is 1. The van der Waals surface area contributed by atoms with Gasteiger partial charge < -0.3 is 16.4 Å². The summed E-state index contributed by atoms with van der Waals surface area (Å²) in [4.78, 5) is 15.9. The average molecular weight is 438 g/mol. The third-order valence-corrected chi connectivity index (χ3v) is 4.20. The second kappa shape index (κ2) is 15.0. The van der Waals surface area contributed by atoms with Crippen LogP contribution in [0, 0.1) is 0 Å². The molecule has 0 heterocycles. The Morgan fingerprint density at radius 1 is 1.09 bits per heavy atom. The topological polar surface area (TPSA) is 79.5 Å². The Kier molecular flexibility index (Phi) is 14.7. The quantitative estimate of drug-likeness (QED) is 0.212. The maximum atomic E-state index is 11.8. The number of amides is 1. The van der Waals surface area contributed by atoms with Crippen LogP contribution >= 0.6 is 24.0 Å². The molecule has 23 heavy (non-hydrogen) atoms. The SMILES string of the molecule is CCCCCCCCNC(N)=NCC(=O)NC1CCCCC1.I. The zero-order valence-corrected chi connectivity index (χ0v) is 16.9. The first-order valence-corrected chi connectivity index (χ1v) is 9.05. The van der Waals surface area contributed by atoms with E-state index in [4.69, 9.17) is 5.73 Å². The fourth-order valence-corrected chi connectivity index (χ4v) is 2.85. The Labute approximate surface area is 158 Å². The second-order valence-electron chi connectivity index (χ2n) is 6.30. The number of nitrogens with zero attached hydrogens (tertiary/aromatic N) is 1. The van der Waals surface area contributed by atoms with E-state index in [1.807, 2.05) is 0 Å². The van der Waals surface area contributed by atoms with Gasteiger partial charge in [-0.15, -0.1) is 24.0 Å². The number of unbranched alkanes of at least 4 members (excludes halogenated alkanes) is 5. The first kappa shape index (κ1) is 22.5. The van der Waals surface area contributed by atoms with Gasteiger partial charge in [-0.3, -0.25) is 4.79 Å². The lowest BCUT2D eigenvalue weighted by Crippen LogP contribution is -2.39. The van der Waals surface area contributed by atoms with Gasteiger partial charge in [0.25, 0.3) is 0 Å². The van der Waals surface area contributed by atoms with Gasteiger partial charge in [0.2, 0.25) is 5.91 Å². The highest BCUT2D eigenvalue weighted by molar-refractivity contribution is 14.0. The lowest BCUT2D eigenvalue weighted by molar-refractivity contribution is -0.120. The van der Waals surface area contributed by atoms with Crippen LogP contribution in [0.5, 0.6) is 0 Å². The Balaban J connectivity index is 0.00000484. The van der Waals surface area contributed by atoms with E-state index < -0.39 is 0 Å². The summed E-state index contributed by atoms with van der Waals surface area (Å²) >= 11 is 0. The molecule has 1 aliphatic rings. The van der Waals surface area contributed by atoms with E-state index in [-0.39, 0.29) is 36.4 Å². The smallest absolute Gasteiger partial charge is 0.242 e. The van der Waals surface area contributed by atoms with E-state index in [9.17, 15) is 4.79 Å². The molecule has 0 atom stereocenters. The van der Waals surface area contributed by atoms with Crippen LogP contribution in [-0.2, 0) is 4.79 Å². The van der Waals surface area contributed by atoms with Crippen molar-refractivity contribution in [2.45, 2.75) is 83.6 Å². The molecule has 0 aliphatic heterocycles. The highest BCUT2D eigenvalue weighted by atomic mass is 127. The maximum Gasteiger partial charge on any atom is 0.242 e. The molecule has 5 nitrogen and oxygen atoms in total. The first-order chi connectivity index (χ1) is 10.7. The zero-order chi connectivity index (χ0) is 16.0. The van der Waals surface area contributed by atoms with Crippen molar-refractivity contribution in [2.24, 2.45) is 10.7 Å². The van der Waals surface area contributed by atoms with Crippen LogP contribution in [-0.4, -0.2) is 31.0 Å². The lowest BCUT2D eigenvalue weighted by Gasteiger charge is -2.22. The Morgan fingerprint density at radius 3 is 2.43 bits per heavy atom. The van der Waals surface area contributed by atoms with E-state index >= 15 is 0 Å². The summed E-state index contributed by atoms with van der Waals surface area (Å²) in [5, 5.41) is 6.12. The average Bonchev–Trinajstić information content (AvgIpc) is 2.53. The van der Waals surface area contributed by atoms with Gasteiger partial charge >= 0.3 is 0 Å². The van der Waals surface area contributed by atoms with Crippen LogP contribution in [0.25, 0.3) is 0 Å². The normalized spacial score (nSPS) is 15.8. The van der Waals surface area contributed by atoms with Gasteiger partial charge in [0, 0.05) is 12.6 Å². The van der Waals surface area contributed by atoms with Crippen LogP contribution in [0.15, 0.2) is 4.99 Å². The summed E-state index contributed by atoms with van der Waals surface area (Å²) in [7, 11) is 0. The summed E-state index contributed by atoms with van der Waals surface area (Å²) in [6.07, 6.45) is 13.5. The van der Waals surface area contributed by atoms with Crippen LogP contribution in [0.3, 0.4) is 0 Å². The zero-order valence-electron chi connectivity index (χ0n) is 14.6. The predicted octanol–water partition coefficient (Wildman–Crippen LogP) is 3.32. The van der Waals surface area contributed by atoms with Gasteiger partial charge in [-0.05, 0) is 19.3 Å². The van der Waals surface area contributed by atoms with Crippen molar-refractivity contribution in [1.82, 2.24) is 10.6 Å². The molecular weight excluding hydrogens is 403 g/mol. The van der Waals surface area contributed by atoms with Gasteiger partial charge in [-0.25, -0.2) is 4.99 Å². The number of hydrogen-bond donors (Lipinski definition) is 3. The van der Waals surface area contributed by atoms with Crippen molar-refractivity contribution in [2.75, 3.05) is 13.1 Å². The van der Waals surface area contributed by atoms with E-state index in [0.717, 1.165) is 25.8 Å². The number of hydrogen-bond acceptors (Lipinski definition) is 2. The molecule has 0 bridgehead atoms. The van der Waals surface area contributed by atoms with E-state index in [0.29, 0.717) is 12.0 Å². The third kappa shape index (κ3) is 12.5. The summed E-state index contributed by atoms with van der Waals surface area (Å²) in [6.45, 7) is 3.20. The molecule has 1 fully saturated rings. The monoisotopic (exact) mass is 438 g/mol. The van der Waals surface area contributed by atoms with Crippen LogP contribution in [0.4, 0.5) is 0 Å². The maximum absolute atomic E-state index is 11.8. The summed E-state index contributed by atoms with van der Waals surface area (Å²) in [6, 6.07) is 0.341. The molecule has 1 aliphatic carbocycles. The number of guanidine groups is 1. The Hall–Kier alpha value is -0.530. The molecule has 0 saturated heterocycles. The van der Waals surface area contributed by atoms with Gasteiger partial charge in [0.1, 0.15) is 6.54 Å². The van der Waals surface area contributed by atoms with Crippen molar-refractivity contribution < 1.29 is 4.79 Å². The van der Waals surface area contributed by atoms with Gasteiger partial charge in [-0.1, -0.05) is 58.3 Å². The molecule has 1 amide bonds. The molecule has 1 saturated carbocycles. The highest BCUT2D eigenvalue weighted by Gasteiger charge is 2.15. The number of halogens is 1. The second-order valence-corrected chi connectivity index (χ2v) is 6.30. The number of rotatable bonds is 10. The van der Waals surface area contributed by atoms with Crippen molar-refractivity contribution in [3.05, 3.63) is 0 Å². The Bertz CT molecular complexity index is 331. The van der Waals surface area contributed by atoms with Crippen molar-refractivity contribution in [3.63, 3.8) is 0 Å². The van der Waals surface area contributed by atoms with E-state index in [1.54, 1.807) is 0 Å². The minimum absolute atomic E-state index is 0. The molecule has 0 radical (unpaired) electrons. The third-order valence-electron chi connectivity index (χ3n) is 4.20. The van der Waals surface area contributed by atoms with Crippen LogP contribution in [0.1, 0.15) is 77.6 Å². The molecule has 0 aromatic heterocycles. The van der Waals surface area contributed by atoms with Crippen LogP contribution < -0.4 is 16.4 Å². The van der Waals surface area contributed by atoms with Gasteiger partial charge in [0.15, 0.2) is 5.96 Å². The molecule has 0 aromatic carbocycles. The molecule has 0 spiro atoms. The number of nitrogens with two attached hydrogens (primary N) is 1. The molecule has 1 rings (SSSR count). The largest absolute Gasteiger partial charge is 0.370 e. The molecular formula is C17H35IN4O. The van der Waals surface area contributed by atoms with Gasteiger partial charge in [0.05, 0.1) is 0 Å². The molecule has 4 N–H and O–H groups in total. The van der Waals surface area contributed by atoms with E-state index in [2.05, 4.69) is 22.5 Å².